The minimum absolute atomic E-state index is 0.114. The molecule has 4 nitrogen and oxygen atoms in total. The third-order valence-electron chi connectivity index (χ3n) is 3.32. The van der Waals surface area contributed by atoms with Crippen LogP contribution in [-0.4, -0.2) is 46.7 Å². The van der Waals surface area contributed by atoms with Gasteiger partial charge in [0.05, 0.1) is 12.4 Å². The van der Waals surface area contributed by atoms with E-state index in [1.807, 2.05) is 0 Å². The highest BCUT2D eigenvalue weighted by Crippen LogP contribution is 2.28. The van der Waals surface area contributed by atoms with Crippen molar-refractivity contribution in [3.05, 3.63) is 0 Å². The molecule has 5 heteroatoms. The van der Waals surface area contributed by atoms with Gasteiger partial charge in [-0.1, -0.05) is 27.7 Å². The number of rotatable bonds is 9. The second kappa shape index (κ2) is 8.12. The van der Waals surface area contributed by atoms with Crippen LogP contribution < -0.4 is 5.32 Å². The molecule has 18 heavy (non-hydrogen) atoms. The first-order valence-corrected chi connectivity index (χ1v) is 8.45. The van der Waals surface area contributed by atoms with Crippen LogP contribution in [0.15, 0.2) is 0 Å². The smallest absolute Gasteiger partial charge is 0.150 e. The van der Waals surface area contributed by atoms with Crippen molar-refractivity contribution in [3.8, 4) is 0 Å². The lowest BCUT2D eigenvalue weighted by atomic mass is 9.79. The predicted molar refractivity (Wildman–Crippen MR) is 76.6 cm³/mol. The van der Waals surface area contributed by atoms with Crippen LogP contribution in [-0.2, 0) is 14.6 Å². The molecule has 1 atom stereocenters. The minimum Gasteiger partial charge on any atom is -0.383 e. The first kappa shape index (κ1) is 17.9. The van der Waals surface area contributed by atoms with E-state index < -0.39 is 9.84 Å². The summed E-state index contributed by atoms with van der Waals surface area (Å²) >= 11 is 0. The van der Waals surface area contributed by atoms with Crippen molar-refractivity contribution < 1.29 is 13.2 Å². The van der Waals surface area contributed by atoms with Gasteiger partial charge in [0.2, 0.25) is 0 Å². The Balaban J connectivity index is 4.25. The molecule has 0 bridgehead atoms. The van der Waals surface area contributed by atoms with Crippen LogP contribution in [0.2, 0.25) is 0 Å². The van der Waals surface area contributed by atoms with Crippen LogP contribution in [0.3, 0.4) is 0 Å². The summed E-state index contributed by atoms with van der Waals surface area (Å²) in [5.74, 6) is 0.883. The number of ether oxygens (including phenoxy) is 1. The minimum atomic E-state index is -2.86. The molecule has 0 aromatic rings. The maximum atomic E-state index is 11.6. The number of methoxy groups -OCH3 is 1. The van der Waals surface area contributed by atoms with Crippen molar-refractivity contribution in [1.82, 2.24) is 5.32 Å². The third kappa shape index (κ3) is 8.06. The second-order valence-electron chi connectivity index (χ2n) is 5.78. The lowest BCUT2D eigenvalue weighted by Crippen LogP contribution is -2.34. The molecule has 0 aromatic carbocycles. The number of hydrogen-bond acceptors (Lipinski definition) is 4. The van der Waals surface area contributed by atoms with Gasteiger partial charge in [0.1, 0.15) is 9.84 Å². The van der Waals surface area contributed by atoms with E-state index in [1.165, 1.54) is 0 Å². The standard InChI is InChI=1S/C13H29NO3S/c1-6-18(15,16)10-7-12(13(2,3)4)11-14-8-9-17-5/h12,14H,6-11H2,1-5H3. The summed E-state index contributed by atoms with van der Waals surface area (Å²) in [7, 11) is -1.19. The van der Waals surface area contributed by atoms with E-state index in [-0.39, 0.29) is 16.9 Å². The fourth-order valence-corrected chi connectivity index (χ4v) is 2.69. The first-order valence-electron chi connectivity index (χ1n) is 6.63. The summed E-state index contributed by atoms with van der Waals surface area (Å²) in [6, 6.07) is 0. The zero-order valence-corrected chi connectivity index (χ0v) is 13.3. The van der Waals surface area contributed by atoms with Gasteiger partial charge in [-0.05, 0) is 24.3 Å². The molecule has 0 aliphatic rings. The van der Waals surface area contributed by atoms with Crippen LogP contribution in [0.5, 0.6) is 0 Å². The highest BCUT2D eigenvalue weighted by atomic mass is 32.2. The van der Waals surface area contributed by atoms with E-state index in [9.17, 15) is 8.42 Å². The van der Waals surface area contributed by atoms with Crippen molar-refractivity contribution >= 4 is 9.84 Å². The highest BCUT2D eigenvalue weighted by Gasteiger charge is 2.25. The molecule has 0 radical (unpaired) electrons. The van der Waals surface area contributed by atoms with Crippen molar-refractivity contribution in [2.75, 3.05) is 38.3 Å². The van der Waals surface area contributed by atoms with Gasteiger partial charge < -0.3 is 10.1 Å². The van der Waals surface area contributed by atoms with Crippen LogP contribution in [0, 0.1) is 11.3 Å². The molecule has 0 rings (SSSR count). The topological polar surface area (TPSA) is 55.4 Å². The van der Waals surface area contributed by atoms with Gasteiger partial charge in [-0.15, -0.1) is 0 Å². The summed E-state index contributed by atoms with van der Waals surface area (Å²) in [4.78, 5) is 0. The van der Waals surface area contributed by atoms with Crippen molar-refractivity contribution in [3.63, 3.8) is 0 Å². The molecule has 110 valence electrons. The molecule has 0 aromatic heterocycles. The van der Waals surface area contributed by atoms with Crippen LogP contribution in [0.25, 0.3) is 0 Å². The van der Waals surface area contributed by atoms with Gasteiger partial charge in [0, 0.05) is 19.4 Å². The molecular weight excluding hydrogens is 250 g/mol. The van der Waals surface area contributed by atoms with Crippen LogP contribution >= 0.6 is 0 Å². The summed E-state index contributed by atoms with van der Waals surface area (Å²) in [5.41, 5.74) is 0.114. The molecule has 0 aliphatic carbocycles. The molecule has 0 fully saturated rings. The van der Waals surface area contributed by atoms with E-state index in [4.69, 9.17) is 4.74 Å². The molecule has 0 aliphatic heterocycles. The van der Waals surface area contributed by atoms with Gasteiger partial charge in [0.25, 0.3) is 0 Å². The van der Waals surface area contributed by atoms with Crippen molar-refractivity contribution in [2.45, 2.75) is 34.1 Å². The van der Waals surface area contributed by atoms with Gasteiger partial charge >= 0.3 is 0 Å². The van der Waals surface area contributed by atoms with E-state index in [0.717, 1.165) is 19.5 Å². The number of sulfone groups is 1. The fraction of sp³-hybridized carbons (Fsp3) is 1.00. The maximum absolute atomic E-state index is 11.6. The Morgan fingerprint density at radius 1 is 1.28 bits per heavy atom. The number of nitrogens with one attached hydrogen (secondary N) is 1. The Kier molecular flexibility index (Phi) is 8.06. The van der Waals surface area contributed by atoms with Gasteiger partial charge in [0.15, 0.2) is 0 Å². The molecule has 0 amide bonds. The zero-order valence-electron chi connectivity index (χ0n) is 12.5. The Morgan fingerprint density at radius 2 is 1.89 bits per heavy atom. The highest BCUT2D eigenvalue weighted by molar-refractivity contribution is 7.91. The van der Waals surface area contributed by atoms with Crippen LogP contribution in [0.1, 0.15) is 34.1 Å². The summed E-state index contributed by atoms with van der Waals surface area (Å²) in [5, 5.41) is 3.33. The Morgan fingerprint density at radius 3 is 2.33 bits per heavy atom. The molecule has 1 N–H and O–H groups in total. The Hall–Kier alpha value is -0.130. The second-order valence-corrected chi connectivity index (χ2v) is 8.26. The average molecular weight is 279 g/mol. The van der Waals surface area contributed by atoms with E-state index in [2.05, 4.69) is 26.1 Å². The van der Waals surface area contributed by atoms with Crippen molar-refractivity contribution in [2.24, 2.45) is 11.3 Å². The quantitative estimate of drug-likeness (QED) is 0.653. The SMILES string of the molecule is CCS(=O)(=O)CCC(CNCCOC)C(C)(C)C. The average Bonchev–Trinajstić information content (AvgIpc) is 2.26. The van der Waals surface area contributed by atoms with Gasteiger partial charge in [-0.3, -0.25) is 0 Å². The molecular formula is C13H29NO3S. The van der Waals surface area contributed by atoms with E-state index >= 15 is 0 Å². The summed E-state index contributed by atoms with van der Waals surface area (Å²) < 4.78 is 28.1. The lowest BCUT2D eigenvalue weighted by molar-refractivity contribution is 0.185. The number of hydrogen-bond donors (Lipinski definition) is 1. The predicted octanol–water partition coefficient (Wildman–Crippen LogP) is 1.71. The molecule has 0 saturated carbocycles. The Labute approximate surface area is 112 Å². The summed E-state index contributed by atoms with van der Waals surface area (Å²) in [6.07, 6.45) is 0.722. The molecule has 1 unspecified atom stereocenters. The molecule has 0 saturated heterocycles. The normalized spacial score (nSPS) is 14.7. The fourth-order valence-electron chi connectivity index (χ4n) is 1.76. The van der Waals surface area contributed by atoms with E-state index in [0.29, 0.717) is 12.5 Å². The van der Waals surface area contributed by atoms with E-state index in [1.54, 1.807) is 14.0 Å². The van der Waals surface area contributed by atoms with Gasteiger partial charge in [-0.25, -0.2) is 8.42 Å². The largest absolute Gasteiger partial charge is 0.383 e. The molecule has 0 spiro atoms. The van der Waals surface area contributed by atoms with Crippen LogP contribution in [0.4, 0.5) is 0 Å². The Bertz CT molecular complexity index is 307. The van der Waals surface area contributed by atoms with Crippen molar-refractivity contribution in [1.29, 1.82) is 0 Å². The summed E-state index contributed by atoms with van der Waals surface area (Å²) in [6.45, 7) is 10.5. The zero-order chi connectivity index (χ0) is 14.2. The lowest BCUT2D eigenvalue weighted by Gasteiger charge is -2.31. The monoisotopic (exact) mass is 279 g/mol. The maximum Gasteiger partial charge on any atom is 0.150 e. The third-order valence-corrected chi connectivity index (χ3v) is 5.05. The first-order chi connectivity index (χ1) is 8.23. The van der Waals surface area contributed by atoms with Gasteiger partial charge in [-0.2, -0.15) is 0 Å². The molecule has 0 heterocycles.